The predicted molar refractivity (Wildman–Crippen MR) is 132 cm³/mol. The van der Waals surface area contributed by atoms with Crippen molar-refractivity contribution in [3.63, 3.8) is 0 Å². The number of aromatic hydroxyl groups is 1. The Morgan fingerprint density at radius 1 is 0.944 bits per heavy atom. The first-order valence-corrected chi connectivity index (χ1v) is 11.1. The average molecular weight is 480 g/mol. The van der Waals surface area contributed by atoms with Gasteiger partial charge in [-0.15, -0.1) is 0 Å². The Balaban J connectivity index is 1.33. The van der Waals surface area contributed by atoms with Crippen molar-refractivity contribution in [3.05, 3.63) is 95.8 Å². The molecule has 1 aromatic heterocycles. The first-order chi connectivity index (χ1) is 17.4. The molecule has 9 heteroatoms. The van der Waals surface area contributed by atoms with Crippen LogP contribution in [0, 0.1) is 0 Å². The summed E-state index contributed by atoms with van der Waals surface area (Å²) < 4.78 is 5.41. The fourth-order valence-corrected chi connectivity index (χ4v) is 3.86. The minimum absolute atomic E-state index is 0.0965. The number of amides is 3. The Morgan fingerprint density at radius 2 is 1.67 bits per heavy atom. The summed E-state index contributed by atoms with van der Waals surface area (Å²) >= 11 is 0. The van der Waals surface area contributed by atoms with Gasteiger partial charge in [0.05, 0.1) is 41.5 Å². The monoisotopic (exact) mass is 480 g/mol. The topological polar surface area (TPSA) is 122 Å². The lowest BCUT2D eigenvalue weighted by Crippen LogP contribution is -2.29. The predicted octanol–water partition coefficient (Wildman–Crippen LogP) is 4.30. The Kier molecular flexibility index (Phi) is 5.87. The normalized spacial score (nSPS) is 12.4. The molecule has 0 saturated carbocycles. The van der Waals surface area contributed by atoms with Crippen molar-refractivity contribution in [2.45, 2.75) is 6.92 Å². The number of nitrogens with zero attached hydrogens (tertiary/aromatic N) is 3. The van der Waals surface area contributed by atoms with E-state index < -0.39 is 17.7 Å². The number of aromatic nitrogens is 2. The number of hydrogen-bond donors (Lipinski definition) is 2. The van der Waals surface area contributed by atoms with E-state index >= 15 is 0 Å². The van der Waals surface area contributed by atoms with Crippen molar-refractivity contribution in [2.75, 3.05) is 16.8 Å². The summed E-state index contributed by atoms with van der Waals surface area (Å²) in [7, 11) is 0. The van der Waals surface area contributed by atoms with Gasteiger partial charge in [0.15, 0.2) is 5.82 Å². The molecule has 0 aliphatic carbocycles. The molecule has 0 saturated heterocycles. The molecule has 5 rings (SSSR count). The Bertz CT molecular complexity index is 1480. The minimum Gasteiger partial charge on any atom is -0.508 e. The van der Waals surface area contributed by atoms with E-state index in [1.807, 2.05) is 6.92 Å². The number of anilines is 2. The second-order valence-electron chi connectivity index (χ2n) is 7.93. The van der Waals surface area contributed by atoms with Crippen LogP contribution in [0.15, 0.2) is 79.1 Å². The molecule has 1 aliphatic heterocycles. The summed E-state index contributed by atoms with van der Waals surface area (Å²) in [6.45, 7) is 2.37. The molecular weight excluding hydrogens is 460 g/mol. The summed E-state index contributed by atoms with van der Waals surface area (Å²) in [5.41, 5.74) is 1.98. The number of carbonyl (C=O) groups excluding carboxylic acids is 3. The maximum absolute atomic E-state index is 13.1. The van der Waals surface area contributed by atoms with Gasteiger partial charge in [0, 0.05) is 11.1 Å². The number of fused-ring (bicyclic) bond motifs is 1. The zero-order valence-corrected chi connectivity index (χ0v) is 19.1. The fraction of sp³-hybridized carbons (Fsp3) is 0.0741. The van der Waals surface area contributed by atoms with Crippen molar-refractivity contribution >= 4 is 29.1 Å². The summed E-state index contributed by atoms with van der Waals surface area (Å²) in [4.78, 5) is 48.3. The highest BCUT2D eigenvalue weighted by molar-refractivity contribution is 6.34. The summed E-state index contributed by atoms with van der Waals surface area (Å²) in [5, 5.41) is 12.3. The van der Waals surface area contributed by atoms with Gasteiger partial charge in [-0.3, -0.25) is 14.4 Å². The molecule has 0 radical (unpaired) electrons. The SMILES string of the molecule is CCOc1ccc(N2C(=O)c3ccc(C(=O)Nc4cnc(-c5cccc(O)c5)nc4)cc3C2=O)cc1. The van der Waals surface area contributed by atoms with Crippen LogP contribution in [0.5, 0.6) is 11.5 Å². The number of rotatable bonds is 6. The molecule has 2 N–H and O–H groups in total. The van der Waals surface area contributed by atoms with E-state index in [9.17, 15) is 19.5 Å². The van der Waals surface area contributed by atoms with Crippen LogP contribution in [0.2, 0.25) is 0 Å². The minimum atomic E-state index is -0.507. The molecule has 178 valence electrons. The fourth-order valence-electron chi connectivity index (χ4n) is 3.86. The van der Waals surface area contributed by atoms with Crippen LogP contribution in [0.3, 0.4) is 0 Å². The zero-order chi connectivity index (χ0) is 25.2. The molecule has 3 amide bonds. The van der Waals surface area contributed by atoms with Crippen LogP contribution in [0.1, 0.15) is 38.0 Å². The molecule has 1 aliphatic rings. The largest absolute Gasteiger partial charge is 0.508 e. The van der Waals surface area contributed by atoms with Crippen LogP contribution in [0.4, 0.5) is 11.4 Å². The third-order valence-corrected chi connectivity index (χ3v) is 5.57. The van der Waals surface area contributed by atoms with E-state index in [1.165, 1.54) is 36.7 Å². The molecule has 9 nitrogen and oxygen atoms in total. The number of nitrogens with one attached hydrogen (secondary N) is 1. The standard InChI is InChI=1S/C27H20N4O5/c1-2-36-21-9-7-19(8-10-21)31-26(34)22-11-6-17(13-23(22)27(31)35)25(33)30-18-14-28-24(29-15-18)16-4-3-5-20(32)12-16/h3-15,32H,2H2,1H3,(H,30,33). The van der Waals surface area contributed by atoms with Crippen LogP contribution in [0.25, 0.3) is 11.4 Å². The lowest BCUT2D eigenvalue weighted by Gasteiger charge is -2.14. The maximum Gasteiger partial charge on any atom is 0.266 e. The van der Waals surface area contributed by atoms with Gasteiger partial charge in [-0.05, 0) is 61.5 Å². The maximum atomic E-state index is 13.1. The second kappa shape index (κ2) is 9.30. The van der Waals surface area contributed by atoms with Crippen molar-refractivity contribution in [1.29, 1.82) is 0 Å². The van der Waals surface area contributed by atoms with Crippen molar-refractivity contribution in [1.82, 2.24) is 9.97 Å². The first kappa shape index (κ1) is 22.7. The van der Waals surface area contributed by atoms with Crippen molar-refractivity contribution in [2.24, 2.45) is 0 Å². The van der Waals surface area contributed by atoms with Gasteiger partial charge < -0.3 is 15.2 Å². The Morgan fingerprint density at radius 3 is 2.36 bits per heavy atom. The third kappa shape index (κ3) is 4.25. The zero-order valence-electron chi connectivity index (χ0n) is 19.1. The average Bonchev–Trinajstić information content (AvgIpc) is 3.14. The summed E-state index contributed by atoms with van der Waals surface area (Å²) in [6, 6.07) is 17.5. The van der Waals surface area contributed by atoms with E-state index in [1.54, 1.807) is 42.5 Å². The van der Waals surface area contributed by atoms with Crippen LogP contribution >= 0.6 is 0 Å². The smallest absolute Gasteiger partial charge is 0.266 e. The second-order valence-corrected chi connectivity index (χ2v) is 7.93. The van der Waals surface area contributed by atoms with Crippen molar-refractivity contribution < 1.29 is 24.2 Å². The van der Waals surface area contributed by atoms with E-state index in [0.29, 0.717) is 35.1 Å². The van der Waals surface area contributed by atoms with E-state index in [-0.39, 0.29) is 22.4 Å². The molecule has 0 bridgehead atoms. The van der Waals surface area contributed by atoms with Gasteiger partial charge in [0.25, 0.3) is 17.7 Å². The van der Waals surface area contributed by atoms with Crippen LogP contribution in [-0.2, 0) is 0 Å². The summed E-state index contributed by atoms with van der Waals surface area (Å²) in [5.74, 6) is -0.323. The molecule has 0 fully saturated rings. The van der Waals surface area contributed by atoms with Gasteiger partial charge in [0.2, 0.25) is 0 Å². The molecule has 36 heavy (non-hydrogen) atoms. The number of carbonyl (C=O) groups is 3. The van der Waals surface area contributed by atoms with Crippen LogP contribution in [-0.4, -0.2) is 39.4 Å². The van der Waals surface area contributed by atoms with E-state index in [2.05, 4.69) is 15.3 Å². The molecule has 0 spiro atoms. The molecule has 2 heterocycles. The first-order valence-electron chi connectivity index (χ1n) is 11.1. The molecule has 3 aromatic carbocycles. The van der Waals surface area contributed by atoms with E-state index in [4.69, 9.17) is 4.74 Å². The van der Waals surface area contributed by atoms with Gasteiger partial charge in [-0.2, -0.15) is 0 Å². The Hall–Kier alpha value is -5.05. The number of hydrogen-bond acceptors (Lipinski definition) is 7. The number of imide groups is 1. The lowest BCUT2D eigenvalue weighted by molar-refractivity contribution is 0.0925. The highest BCUT2D eigenvalue weighted by Gasteiger charge is 2.37. The molecule has 0 atom stereocenters. The highest BCUT2D eigenvalue weighted by atomic mass is 16.5. The van der Waals surface area contributed by atoms with Gasteiger partial charge in [-0.1, -0.05) is 12.1 Å². The Labute approximate surface area is 206 Å². The summed E-state index contributed by atoms with van der Waals surface area (Å²) in [6.07, 6.45) is 2.89. The van der Waals surface area contributed by atoms with Gasteiger partial charge in [-0.25, -0.2) is 14.9 Å². The van der Waals surface area contributed by atoms with Crippen LogP contribution < -0.4 is 15.0 Å². The number of phenolic OH excluding ortho intramolecular Hbond substituents is 1. The van der Waals surface area contributed by atoms with Gasteiger partial charge in [0.1, 0.15) is 11.5 Å². The molecular formula is C27H20N4O5. The molecule has 0 unspecified atom stereocenters. The van der Waals surface area contributed by atoms with E-state index in [0.717, 1.165) is 4.90 Å². The van der Waals surface area contributed by atoms with Gasteiger partial charge >= 0.3 is 0 Å². The quantitative estimate of drug-likeness (QED) is 0.395. The lowest BCUT2D eigenvalue weighted by atomic mass is 10.1. The molecule has 4 aromatic rings. The highest BCUT2D eigenvalue weighted by Crippen LogP contribution is 2.30. The third-order valence-electron chi connectivity index (χ3n) is 5.57. The van der Waals surface area contributed by atoms with Crippen molar-refractivity contribution in [3.8, 4) is 22.9 Å². The number of phenols is 1. The number of ether oxygens (including phenoxy) is 1. The number of benzene rings is 3.